The molecule has 0 bridgehead atoms. The summed E-state index contributed by atoms with van der Waals surface area (Å²) >= 11 is 3.32. The minimum Gasteiger partial charge on any atom is -0.192 e. The van der Waals surface area contributed by atoms with Crippen molar-refractivity contribution in [2.24, 2.45) is 0 Å². The van der Waals surface area contributed by atoms with Crippen molar-refractivity contribution in [1.82, 2.24) is 4.37 Å². The molecule has 76 valence electrons. The number of benzene rings is 1. The third kappa shape index (κ3) is 2.70. The lowest BCUT2D eigenvalue weighted by atomic mass is 10.2. The van der Waals surface area contributed by atoms with E-state index in [-0.39, 0.29) is 0 Å². The standard InChI is InChI=1S/C12H11NS2/c1-2-8-14-12-9-11(13-15-12)10-6-4-3-5-7-10/h2-7,9H,1,8H2. The van der Waals surface area contributed by atoms with E-state index < -0.39 is 0 Å². The van der Waals surface area contributed by atoms with E-state index in [4.69, 9.17) is 0 Å². The monoisotopic (exact) mass is 233 g/mol. The summed E-state index contributed by atoms with van der Waals surface area (Å²) in [6.45, 7) is 3.70. The molecule has 0 saturated heterocycles. The first-order valence-corrected chi connectivity index (χ1v) is 6.42. The first kappa shape index (κ1) is 10.5. The highest BCUT2D eigenvalue weighted by molar-refractivity contribution is 8.01. The predicted molar refractivity (Wildman–Crippen MR) is 68.5 cm³/mol. The van der Waals surface area contributed by atoms with Gasteiger partial charge in [0.15, 0.2) is 0 Å². The fraction of sp³-hybridized carbons (Fsp3) is 0.0833. The molecule has 0 spiro atoms. The van der Waals surface area contributed by atoms with Crippen LogP contribution in [0.2, 0.25) is 0 Å². The van der Waals surface area contributed by atoms with Crippen LogP contribution in [0.15, 0.2) is 53.3 Å². The molecule has 0 N–H and O–H groups in total. The number of aromatic nitrogens is 1. The Kier molecular flexibility index (Phi) is 3.59. The highest BCUT2D eigenvalue weighted by Crippen LogP contribution is 2.28. The zero-order chi connectivity index (χ0) is 10.5. The third-order valence-corrected chi connectivity index (χ3v) is 3.87. The number of rotatable bonds is 4. The molecular weight excluding hydrogens is 222 g/mol. The Morgan fingerprint density at radius 2 is 2.13 bits per heavy atom. The summed E-state index contributed by atoms with van der Waals surface area (Å²) in [6.07, 6.45) is 1.91. The Morgan fingerprint density at radius 3 is 2.87 bits per heavy atom. The highest BCUT2D eigenvalue weighted by atomic mass is 32.2. The smallest absolute Gasteiger partial charge is 0.0852 e. The number of hydrogen-bond donors (Lipinski definition) is 0. The predicted octanol–water partition coefficient (Wildman–Crippen LogP) is 4.09. The molecule has 1 heterocycles. The van der Waals surface area contributed by atoms with Gasteiger partial charge in [-0.3, -0.25) is 0 Å². The fourth-order valence-electron chi connectivity index (χ4n) is 1.21. The van der Waals surface area contributed by atoms with Gasteiger partial charge in [0.1, 0.15) is 0 Å². The molecular formula is C12H11NS2. The Hall–Kier alpha value is -1.06. The van der Waals surface area contributed by atoms with Crippen molar-refractivity contribution in [3.63, 3.8) is 0 Å². The molecule has 1 nitrogen and oxygen atoms in total. The van der Waals surface area contributed by atoms with Gasteiger partial charge in [0, 0.05) is 11.3 Å². The van der Waals surface area contributed by atoms with Gasteiger partial charge in [0.2, 0.25) is 0 Å². The zero-order valence-electron chi connectivity index (χ0n) is 8.22. The van der Waals surface area contributed by atoms with E-state index in [9.17, 15) is 0 Å². The molecule has 0 aliphatic carbocycles. The molecule has 0 amide bonds. The van der Waals surface area contributed by atoms with Crippen molar-refractivity contribution in [3.8, 4) is 11.3 Å². The molecule has 3 heteroatoms. The van der Waals surface area contributed by atoms with Gasteiger partial charge in [-0.15, -0.1) is 18.3 Å². The van der Waals surface area contributed by atoms with Gasteiger partial charge < -0.3 is 0 Å². The number of hydrogen-bond acceptors (Lipinski definition) is 3. The van der Waals surface area contributed by atoms with E-state index in [1.165, 1.54) is 9.77 Å². The summed E-state index contributed by atoms with van der Waals surface area (Å²) in [5.41, 5.74) is 2.24. The second-order valence-corrected chi connectivity index (χ2v) is 5.12. The molecule has 0 fully saturated rings. The molecule has 0 radical (unpaired) electrons. The minimum absolute atomic E-state index is 0.941. The summed E-state index contributed by atoms with van der Waals surface area (Å²) in [7, 11) is 0. The van der Waals surface area contributed by atoms with Crippen LogP contribution in [0.1, 0.15) is 0 Å². The lowest BCUT2D eigenvalue weighted by Gasteiger charge is -1.93. The van der Waals surface area contributed by atoms with E-state index in [1.54, 1.807) is 23.3 Å². The second-order valence-electron chi connectivity index (χ2n) is 3.00. The molecule has 15 heavy (non-hydrogen) atoms. The Balaban J connectivity index is 2.17. The van der Waals surface area contributed by atoms with Gasteiger partial charge in [0.05, 0.1) is 9.90 Å². The second kappa shape index (κ2) is 5.14. The fourth-order valence-corrected chi connectivity index (χ4v) is 2.73. The maximum atomic E-state index is 4.43. The largest absolute Gasteiger partial charge is 0.192 e. The van der Waals surface area contributed by atoms with Gasteiger partial charge in [-0.25, -0.2) is 0 Å². The van der Waals surface area contributed by atoms with Crippen LogP contribution in [0.25, 0.3) is 11.3 Å². The van der Waals surface area contributed by atoms with Gasteiger partial charge in [-0.1, -0.05) is 36.4 Å². The van der Waals surface area contributed by atoms with E-state index in [0.29, 0.717) is 0 Å². The number of nitrogens with zero attached hydrogens (tertiary/aromatic N) is 1. The molecule has 0 atom stereocenters. The van der Waals surface area contributed by atoms with Crippen LogP contribution < -0.4 is 0 Å². The normalized spacial score (nSPS) is 10.1. The first-order chi connectivity index (χ1) is 7.40. The summed E-state index contributed by atoms with van der Waals surface area (Å²) in [6, 6.07) is 12.4. The molecule has 1 aromatic heterocycles. The molecule has 1 aromatic carbocycles. The van der Waals surface area contributed by atoms with E-state index in [0.717, 1.165) is 11.4 Å². The lowest BCUT2D eigenvalue weighted by Crippen LogP contribution is -1.73. The maximum absolute atomic E-state index is 4.43. The van der Waals surface area contributed by atoms with Crippen molar-refractivity contribution >= 4 is 23.3 Å². The van der Waals surface area contributed by atoms with Crippen LogP contribution in [0.5, 0.6) is 0 Å². The average Bonchev–Trinajstić information content (AvgIpc) is 2.76. The van der Waals surface area contributed by atoms with E-state index in [2.05, 4.69) is 29.2 Å². The van der Waals surface area contributed by atoms with Crippen molar-refractivity contribution < 1.29 is 0 Å². The third-order valence-electron chi connectivity index (χ3n) is 1.90. The number of thioether (sulfide) groups is 1. The topological polar surface area (TPSA) is 12.9 Å². The van der Waals surface area contributed by atoms with Crippen molar-refractivity contribution in [2.75, 3.05) is 5.75 Å². The highest BCUT2D eigenvalue weighted by Gasteiger charge is 2.03. The quantitative estimate of drug-likeness (QED) is 0.583. The van der Waals surface area contributed by atoms with E-state index >= 15 is 0 Å². The summed E-state index contributed by atoms with van der Waals surface area (Å²) in [4.78, 5) is 0. The van der Waals surface area contributed by atoms with Gasteiger partial charge in [0.25, 0.3) is 0 Å². The van der Waals surface area contributed by atoms with Crippen molar-refractivity contribution in [2.45, 2.75) is 4.21 Å². The van der Waals surface area contributed by atoms with Crippen LogP contribution in [-0.2, 0) is 0 Å². The molecule has 2 rings (SSSR count). The van der Waals surface area contributed by atoms with Crippen LogP contribution in [0.4, 0.5) is 0 Å². The summed E-state index contributed by atoms with van der Waals surface area (Å²) < 4.78 is 5.67. The van der Waals surface area contributed by atoms with Crippen molar-refractivity contribution in [1.29, 1.82) is 0 Å². The SMILES string of the molecule is C=CCSc1cc(-c2ccccc2)ns1. The van der Waals surface area contributed by atoms with E-state index in [1.807, 2.05) is 24.3 Å². The van der Waals surface area contributed by atoms with Crippen molar-refractivity contribution in [3.05, 3.63) is 49.1 Å². The van der Waals surface area contributed by atoms with Gasteiger partial charge in [-0.2, -0.15) is 4.37 Å². The summed E-state index contributed by atoms with van der Waals surface area (Å²) in [5, 5.41) is 0. The Bertz CT molecular complexity index is 434. The molecule has 0 saturated carbocycles. The minimum atomic E-state index is 0.941. The van der Waals surface area contributed by atoms with Gasteiger partial charge >= 0.3 is 0 Å². The molecule has 0 aliphatic heterocycles. The van der Waals surface area contributed by atoms with Crippen LogP contribution in [0, 0.1) is 0 Å². The Labute approximate surface area is 98.0 Å². The molecule has 0 aliphatic rings. The van der Waals surface area contributed by atoms with Crippen LogP contribution >= 0.6 is 23.3 Å². The zero-order valence-corrected chi connectivity index (χ0v) is 9.85. The lowest BCUT2D eigenvalue weighted by molar-refractivity contribution is 1.51. The molecule has 0 unspecified atom stereocenters. The Morgan fingerprint density at radius 1 is 1.33 bits per heavy atom. The molecule has 2 aromatic rings. The van der Waals surface area contributed by atoms with Crippen LogP contribution in [0.3, 0.4) is 0 Å². The van der Waals surface area contributed by atoms with Crippen LogP contribution in [-0.4, -0.2) is 10.1 Å². The van der Waals surface area contributed by atoms with Gasteiger partial charge in [-0.05, 0) is 17.6 Å². The summed E-state index contributed by atoms with van der Waals surface area (Å²) in [5.74, 6) is 0.941. The maximum Gasteiger partial charge on any atom is 0.0852 e. The first-order valence-electron chi connectivity index (χ1n) is 4.66. The average molecular weight is 233 g/mol.